The first kappa shape index (κ1) is 36.7. The van der Waals surface area contributed by atoms with Crippen LogP contribution in [0.3, 0.4) is 0 Å². The van der Waals surface area contributed by atoms with Gasteiger partial charge < -0.3 is 14.2 Å². The lowest BCUT2D eigenvalue weighted by atomic mass is 9.79. The van der Waals surface area contributed by atoms with Crippen LogP contribution in [0.25, 0.3) is 0 Å². The maximum atomic E-state index is 13.9. The Morgan fingerprint density at radius 3 is 1.90 bits per heavy atom. The highest BCUT2D eigenvalue weighted by Crippen LogP contribution is 2.52. The zero-order chi connectivity index (χ0) is 35.9. The molecule has 1 aliphatic heterocycles. The van der Waals surface area contributed by atoms with Gasteiger partial charge in [-0.1, -0.05) is 24.3 Å². The van der Waals surface area contributed by atoms with Gasteiger partial charge in [-0.2, -0.15) is 4.31 Å². The monoisotopic (exact) mass is 738 g/mol. The number of carbonyl (C=O) groups excluding carboxylic acids is 1. The van der Waals surface area contributed by atoms with E-state index in [2.05, 4.69) is 27.4 Å². The van der Waals surface area contributed by atoms with Crippen LogP contribution in [-0.4, -0.2) is 65.6 Å². The number of nitrogens with zero attached hydrogens (tertiary/aromatic N) is 1. The van der Waals surface area contributed by atoms with Gasteiger partial charge in [0, 0.05) is 31.5 Å². The van der Waals surface area contributed by atoms with Crippen molar-refractivity contribution in [1.82, 2.24) is 9.03 Å². The molecule has 268 valence electrons. The average molecular weight is 739 g/mol. The van der Waals surface area contributed by atoms with Gasteiger partial charge in [0.05, 0.1) is 15.7 Å². The van der Waals surface area contributed by atoms with Crippen molar-refractivity contribution in [2.75, 3.05) is 19.6 Å². The minimum absolute atomic E-state index is 0.0646. The second-order valence-electron chi connectivity index (χ2n) is 12.0. The number of rotatable bonds is 11. The number of fused-ring (bicyclic) bond motifs is 3. The largest absolute Gasteiger partial charge is 0.573 e. The summed E-state index contributed by atoms with van der Waals surface area (Å²) in [5, 5.41) is 0. The molecule has 0 spiro atoms. The second kappa shape index (κ2) is 13.6. The van der Waals surface area contributed by atoms with Crippen LogP contribution in [0.5, 0.6) is 11.5 Å². The van der Waals surface area contributed by atoms with Crippen molar-refractivity contribution in [2.24, 2.45) is 23.7 Å². The Balaban J connectivity index is 1.38. The first-order valence-corrected chi connectivity index (χ1v) is 17.9. The molecule has 5 atom stereocenters. The number of ether oxygens (including phenoxy) is 3. The number of benzene rings is 2. The Kier molecular flexibility index (Phi) is 10.2. The summed E-state index contributed by atoms with van der Waals surface area (Å²) in [4.78, 5) is 12.4. The molecular weight excluding hydrogens is 706 g/mol. The Bertz CT molecular complexity index is 1800. The highest BCUT2D eigenvalue weighted by Gasteiger charge is 2.54. The van der Waals surface area contributed by atoms with E-state index in [0.717, 1.165) is 76.8 Å². The van der Waals surface area contributed by atoms with Crippen molar-refractivity contribution in [2.45, 2.75) is 54.3 Å². The summed E-state index contributed by atoms with van der Waals surface area (Å²) in [5.41, 5.74) is 1.90. The molecule has 49 heavy (non-hydrogen) atoms. The maximum absolute atomic E-state index is 13.9. The fourth-order valence-corrected chi connectivity index (χ4v) is 9.24. The lowest BCUT2D eigenvalue weighted by molar-refractivity contribution is -0.275. The number of sulfonamides is 2. The van der Waals surface area contributed by atoms with Gasteiger partial charge in [-0.25, -0.2) is 21.6 Å². The molecule has 2 aromatic carbocycles. The summed E-state index contributed by atoms with van der Waals surface area (Å²) in [6.45, 7) is 6.84. The van der Waals surface area contributed by atoms with Gasteiger partial charge in [0.2, 0.25) is 20.0 Å². The van der Waals surface area contributed by atoms with Crippen LogP contribution in [0.1, 0.15) is 25.7 Å². The molecule has 0 aromatic heterocycles. The standard InChI is InChI=1S/C31H32F6N2O8S2/c1-18-3-14-25-26(29(40)45-28(25)27-19(2)4-13-24(18)27)17-39(49(43,44)23-11-7-21(8-12-23)47-31(35,36)37)16-15-38-48(41,42)22-9-5-20(6-10-22)46-30(32,33)34/h5-12,24-28,38H,1-4,13-17H2/t24-,25-,26?,27-,28-/m0/s1. The lowest BCUT2D eigenvalue weighted by Gasteiger charge is -2.29. The molecule has 0 bridgehead atoms. The molecule has 0 radical (unpaired) electrons. The van der Waals surface area contributed by atoms with Crippen LogP contribution in [0, 0.1) is 23.7 Å². The summed E-state index contributed by atoms with van der Waals surface area (Å²) in [5.74, 6) is -3.49. The van der Waals surface area contributed by atoms with Crippen LogP contribution in [0.4, 0.5) is 26.3 Å². The van der Waals surface area contributed by atoms with Gasteiger partial charge in [0.1, 0.15) is 17.6 Å². The number of hydrogen-bond acceptors (Lipinski definition) is 8. The normalized spacial score (nSPS) is 24.7. The Morgan fingerprint density at radius 1 is 0.816 bits per heavy atom. The van der Waals surface area contributed by atoms with E-state index in [4.69, 9.17) is 4.74 Å². The molecule has 0 amide bonds. The SMILES string of the molecule is C=C1CC[C@H]2C(=C)CC[C@H]3C(CN(CCNS(=O)(=O)c4ccc(OC(F)(F)F)cc4)S(=O)(=O)c4ccc(OC(F)(F)F)cc4)C(=O)O[C@@H]3[C@@H]12. The summed E-state index contributed by atoms with van der Waals surface area (Å²) in [6, 6.07) is 6.68. The van der Waals surface area contributed by atoms with Crippen LogP contribution in [0.15, 0.2) is 82.6 Å². The quantitative estimate of drug-likeness (QED) is 0.181. The number of halogens is 6. The minimum Gasteiger partial charge on any atom is -0.461 e. The van der Waals surface area contributed by atoms with Crippen molar-refractivity contribution in [1.29, 1.82) is 0 Å². The highest BCUT2D eigenvalue weighted by molar-refractivity contribution is 7.89. The third-order valence-electron chi connectivity index (χ3n) is 8.97. The second-order valence-corrected chi connectivity index (χ2v) is 15.7. The van der Waals surface area contributed by atoms with Gasteiger partial charge in [-0.05, 0) is 80.1 Å². The van der Waals surface area contributed by atoms with Crippen LogP contribution >= 0.6 is 0 Å². The summed E-state index contributed by atoms with van der Waals surface area (Å²) >= 11 is 0. The van der Waals surface area contributed by atoms with Crippen molar-refractivity contribution < 1.29 is 62.2 Å². The molecule has 10 nitrogen and oxygen atoms in total. The van der Waals surface area contributed by atoms with E-state index >= 15 is 0 Å². The molecule has 3 fully saturated rings. The summed E-state index contributed by atoms with van der Waals surface area (Å²) in [6.07, 6.45) is -8.01. The molecule has 1 heterocycles. The van der Waals surface area contributed by atoms with Crippen LogP contribution < -0.4 is 14.2 Å². The fraction of sp³-hybridized carbons (Fsp3) is 0.452. The van der Waals surface area contributed by atoms with Crippen molar-refractivity contribution in [3.63, 3.8) is 0 Å². The molecule has 18 heteroatoms. The first-order valence-electron chi connectivity index (χ1n) is 15.0. The molecule has 1 N–H and O–H groups in total. The number of alkyl halides is 6. The molecule has 3 aliphatic rings. The maximum Gasteiger partial charge on any atom is 0.573 e. The van der Waals surface area contributed by atoms with Crippen molar-refractivity contribution >= 4 is 26.0 Å². The molecule has 2 aliphatic carbocycles. The van der Waals surface area contributed by atoms with Gasteiger partial charge >= 0.3 is 18.7 Å². The van der Waals surface area contributed by atoms with Gasteiger partial charge in [0.25, 0.3) is 0 Å². The number of nitrogens with one attached hydrogen (secondary N) is 1. The predicted molar refractivity (Wildman–Crippen MR) is 161 cm³/mol. The van der Waals surface area contributed by atoms with Crippen molar-refractivity contribution in [3.8, 4) is 11.5 Å². The van der Waals surface area contributed by atoms with E-state index in [1.807, 2.05) is 0 Å². The van der Waals surface area contributed by atoms with E-state index in [-0.39, 0.29) is 11.8 Å². The summed E-state index contributed by atoms with van der Waals surface area (Å²) in [7, 11) is -8.94. The van der Waals surface area contributed by atoms with E-state index in [0.29, 0.717) is 12.8 Å². The highest BCUT2D eigenvalue weighted by atomic mass is 32.2. The van der Waals surface area contributed by atoms with E-state index in [1.165, 1.54) is 0 Å². The van der Waals surface area contributed by atoms with E-state index in [1.54, 1.807) is 0 Å². The summed E-state index contributed by atoms with van der Waals surface area (Å²) < 4.78 is 146. The Hall–Kier alpha value is -3.61. The van der Waals surface area contributed by atoms with Crippen LogP contribution in [-0.2, 0) is 29.6 Å². The number of hydrogen-bond donors (Lipinski definition) is 1. The molecular formula is C31H32F6N2O8S2. The third-order valence-corrected chi connectivity index (χ3v) is 12.3. The Morgan fingerprint density at radius 2 is 1.35 bits per heavy atom. The van der Waals surface area contributed by atoms with Gasteiger partial charge in [-0.15, -0.1) is 26.3 Å². The molecule has 1 unspecified atom stereocenters. The zero-order valence-corrected chi connectivity index (χ0v) is 27.3. The van der Waals surface area contributed by atoms with Crippen molar-refractivity contribution in [3.05, 3.63) is 72.8 Å². The number of allylic oxidation sites excluding steroid dienone is 1. The topological polar surface area (TPSA) is 128 Å². The molecule has 2 aromatic rings. The van der Waals surface area contributed by atoms with Gasteiger partial charge in [0.15, 0.2) is 0 Å². The Labute approximate surface area is 278 Å². The lowest BCUT2D eigenvalue weighted by Crippen LogP contribution is -2.43. The number of carbonyl (C=O) groups is 1. The zero-order valence-electron chi connectivity index (χ0n) is 25.7. The third kappa shape index (κ3) is 8.41. The van der Waals surface area contributed by atoms with E-state index in [9.17, 15) is 48.0 Å². The molecule has 1 saturated heterocycles. The van der Waals surface area contributed by atoms with E-state index < -0.39 is 97.6 Å². The average Bonchev–Trinajstić information content (AvgIpc) is 3.48. The number of esters is 1. The van der Waals surface area contributed by atoms with Crippen LogP contribution in [0.2, 0.25) is 0 Å². The fourth-order valence-electron chi connectivity index (χ4n) is 6.76. The molecule has 5 rings (SSSR count). The van der Waals surface area contributed by atoms with Gasteiger partial charge in [-0.3, -0.25) is 4.79 Å². The molecule has 2 saturated carbocycles. The smallest absolute Gasteiger partial charge is 0.461 e. The first-order chi connectivity index (χ1) is 22.7. The minimum atomic E-state index is -5.03. The predicted octanol–water partition coefficient (Wildman–Crippen LogP) is 5.54.